The van der Waals surface area contributed by atoms with E-state index in [9.17, 15) is 0 Å². The maximum Gasteiger partial charge on any atom is 0.501 e. The summed E-state index contributed by atoms with van der Waals surface area (Å²) in [5.74, 6) is 0.694. The predicted molar refractivity (Wildman–Crippen MR) is 121 cm³/mol. The zero-order valence-electron chi connectivity index (χ0n) is 19.1. The molecule has 1 aliphatic carbocycles. The lowest BCUT2D eigenvalue weighted by Crippen LogP contribution is -2.46. The first-order valence-electron chi connectivity index (χ1n) is 11.8. The van der Waals surface area contributed by atoms with E-state index in [2.05, 4.69) is 31.2 Å². The van der Waals surface area contributed by atoms with E-state index < -0.39 is 8.80 Å². The van der Waals surface area contributed by atoms with Gasteiger partial charge >= 0.3 is 8.80 Å². The quantitative estimate of drug-likeness (QED) is 0.267. The average Bonchev–Trinajstić information content (AvgIpc) is 2.73. The zero-order chi connectivity index (χ0) is 21.0. The molecule has 1 aromatic carbocycles. The molecule has 0 radical (unpaired) electrons. The minimum atomic E-state index is -2.53. The lowest BCUT2D eigenvalue weighted by molar-refractivity contribution is 0.0202. The van der Waals surface area contributed by atoms with Crippen molar-refractivity contribution in [2.24, 2.45) is 0 Å². The Hall–Kier alpha value is -0.723. The topological polar surface area (TPSA) is 36.9 Å². The maximum atomic E-state index is 6.20. The maximum absolute atomic E-state index is 6.20. The lowest BCUT2D eigenvalue weighted by Gasteiger charge is -2.30. The molecule has 0 unspecified atom stereocenters. The first-order valence-corrected chi connectivity index (χ1v) is 13.7. The smallest absolute Gasteiger partial charge is 0.378 e. The van der Waals surface area contributed by atoms with Gasteiger partial charge in [0.1, 0.15) is 0 Å². The Balaban J connectivity index is 1.71. The second-order valence-corrected chi connectivity index (χ2v) is 10.7. The van der Waals surface area contributed by atoms with Crippen LogP contribution in [0.15, 0.2) is 24.3 Å². The number of benzene rings is 1. The van der Waals surface area contributed by atoms with Gasteiger partial charge in [0.2, 0.25) is 0 Å². The fourth-order valence-electron chi connectivity index (χ4n) is 4.35. The minimum absolute atomic E-state index is 0.396. The molecule has 1 aromatic rings. The molecule has 0 amide bonds. The normalized spacial score (nSPS) is 20.1. The summed E-state index contributed by atoms with van der Waals surface area (Å²) >= 11 is 0. The average molecular weight is 423 g/mol. The van der Waals surface area contributed by atoms with Crippen LogP contribution in [0.25, 0.3) is 0 Å². The van der Waals surface area contributed by atoms with Crippen LogP contribution in [0.1, 0.15) is 83.3 Å². The third kappa shape index (κ3) is 8.14. The molecule has 0 aromatic heterocycles. The standard InChI is InChI=1S/C24H42O4Si/c1-5-10-21-11-13-22(14-12-21)23-15-17-24(18-16-23)25-19-9-20-29(26-6-2,27-7-3)28-8-4/h11-14,23-24H,5-10,15-20H2,1-4H3. The summed E-state index contributed by atoms with van der Waals surface area (Å²) in [4.78, 5) is 0. The molecule has 166 valence electrons. The van der Waals surface area contributed by atoms with E-state index in [1.165, 1.54) is 36.8 Å². The monoisotopic (exact) mass is 422 g/mol. The largest absolute Gasteiger partial charge is 0.501 e. The number of aryl methyl sites for hydroxylation is 1. The van der Waals surface area contributed by atoms with Crippen LogP contribution < -0.4 is 0 Å². The van der Waals surface area contributed by atoms with Gasteiger partial charge in [0.05, 0.1) is 6.10 Å². The van der Waals surface area contributed by atoms with Crippen molar-refractivity contribution in [1.29, 1.82) is 0 Å². The molecular formula is C24H42O4Si. The van der Waals surface area contributed by atoms with Gasteiger partial charge in [-0.15, -0.1) is 0 Å². The second-order valence-electron chi connectivity index (χ2n) is 7.92. The van der Waals surface area contributed by atoms with Crippen LogP contribution in [0.2, 0.25) is 6.04 Å². The summed E-state index contributed by atoms with van der Waals surface area (Å²) < 4.78 is 24.0. The molecule has 29 heavy (non-hydrogen) atoms. The fraction of sp³-hybridized carbons (Fsp3) is 0.750. The molecule has 0 spiro atoms. The Morgan fingerprint density at radius 2 is 1.41 bits per heavy atom. The number of ether oxygens (including phenoxy) is 1. The number of hydrogen-bond acceptors (Lipinski definition) is 4. The Morgan fingerprint density at radius 3 is 1.93 bits per heavy atom. The van der Waals surface area contributed by atoms with E-state index >= 15 is 0 Å². The minimum Gasteiger partial charge on any atom is -0.378 e. The summed E-state index contributed by atoms with van der Waals surface area (Å²) in [5, 5.41) is 0. The van der Waals surface area contributed by atoms with Gasteiger partial charge in [-0.25, -0.2) is 0 Å². The van der Waals surface area contributed by atoms with E-state index in [1.807, 2.05) is 20.8 Å². The van der Waals surface area contributed by atoms with E-state index in [0.717, 1.165) is 31.9 Å². The molecule has 2 rings (SSSR count). The van der Waals surface area contributed by atoms with Crippen LogP contribution in [0.4, 0.5) is 0 Å². The van der Waals surface area contributed by atoms with Crippen molar-refractivity contribution in [3.05, 3.63) is 35.4 Å². The van der Waals surface area contributed by atoms with Crippen molar-refractivity contribution in [3.63, 3.8) is 0 Å². The summed E-state index contributed by atoms with van der Waals surface area (Å²) in [7, 11) is -2.53. The van der Waals surface area contributed by atoms with E-state index in [1.54, 1.807) is 0 Å². The predicted octanol–water partition coefficient (Wildman–Crippen LogP) is 6.12. The summed E-state index contributed by atoms with van der Waals surface area (Å²) in [5.41, 5.74) is 2.96. The van der Waals surface area contributed by atoms with Crippen molar-refractivity contribution in [3.8, 4) is 0 Å². The SMILES string of the molecule is CCCc1ccc(C2CCC(OCCC[Si](OCC)(OCC)OCC)CC2)cc1. The van der Waals surface area contributed by atoms with E-state index in [-0.39, 0.29) is 0 Å². The Morgan fingerprint density at radius 1 is 0.828 bits per heavy atom. The van der Waals surface area contributed by atoms with Crippen molar-refractivity contribution < 1.29 is 18.0 Å². The Bertz CT molecular complexity index is 523. The molecule has 1 aliphatic rings. The summed E-state index contributed by atoms with van der Waals surface area (Å²) in [6.45, 7) is 10.9. The highest BCUT2D eigenvalue weighted by Gasteiger charge is 2.39. The van der Waals surface area contributed by atoms with Gasteiger partial charge in [-0.1, -0.05) is 37.6 Å². The fourth-order valence-corrected chi connectivity index (χ4v) is 6.93. The highest BCUT2D eigenvalue weighted by Crippen LogP contribution is 2.34. The van der Waals surface area contributed by atoms with Gasteiger partial charge in [-0.05, 0) is 76.3 Å². The highest BCUT2D eigenvalue weighted by atomic mass is 28.4. The molecule has 5 heteroatoms. The third-order valence-electron chi connectivity index (χ3n) is 5.74. The summed E-state index contributed by atoms with van der Waals surface area (Å²) in [6.07, 6.45) is 8.50. The van der Waals surface area contributed by atoms with Gasteiger partial charge in [-0.3, -0.25) is 0 Å². The molecule has 1 saturated carbocycles. The van der Waals surface area contributed by atoms with Crippen LogP contribution >= 0.6 is 0 Å². The van der Waals surface area contributed by atoms with Gasteiger partial charge < -0.3 is 18.0 Å². The second kappa shape index (κ2) is 13.6. The van der Waals surface area contributed by atoms with Gasteiger partial charge in [0.25, 0.3) is 0 Å². The number of hydrogen-bond donors (Lipinski definition) is 0. The van der Waals surface area contributed by atoms with E-state index in [0.29, 0.717) is 31.8 Å². The third-order valence-corrected chi connectivity index (χ3v) is 8.89. The van der Waals surface area contributed by atoms with Crippen LogP contribution in [0, 0.1) is 0 Å². The lowest BCUT2D eigenvalue weighted by atomic mass is 9.82. The van der Waals surface area contributed by atoms with Crippen LogP contribution in [-0.4, -0.2) is 41.3 Å². The van der Waals surface area contributed by atoms with Crippen LogP contribution in [0.5, 0.6) is 0 Å². The van der Waals surface area contributed by atoms with Crippen molar-refractivity contribution in [2.45, 2.75) is 90.7 Å². The molecule has 0 saturated heterocycles. The van der Waals surface area contributed by atoms with Crippen molar-refractivity contribution >= 4 is 8.80 Å². The zero-order valence-corrected chi connectivity index (χ0v) is 20.1. The molecule has 0 aliphatic heterocycles. The molecule has 4 nitrogen and oxygen atoms in total. The van der Waals surface area contributed by atoms with Gasteiger partial charge in [0, 0.05) is 32.5 Å². The first-order chi connectivity index (χ1) is 14.2. The molecular weight excluding hydrogens is 380 g/mol. The Kier molecular flexibility index (Phi) is 11.5. The summed E-state index contributed by atoms with van der Waals surface area (Å²) in [6, 6.07) is 10.1. The molecule has 0 N–H and O–H groups in total. The molecule has 1 fully saturated rings. The van der Waals surface area contributed by atoms with E-state index in [4.69, 9.17) is 18.0 Å². The molecule has 0 bridgehead atoms. The van der Waals surface area contributed by atoms with Gasteiger partial charge in [-0.2, -0.15) is 0 Å². The highest BCUT2D eigenvalue weighted by molar-refractivity contribution is 6.60. The first kappa shape index (κ1) is 24.5. The molecule has 0 heterocycles. The van der Waals surface area contributed by atoms with Gasteiger partial charge in [0.15, 0.2) is 0 Å². The van der Waals surface area contributed by atoms with Crippen LogP contribution in [-0.2, 0) is 24.4 Å². The van der Waals surface area contributed by atoms with Crippen molar-refractivity contribution in [2.75, 3.05) is 26.4 Å². The van der Waals surface area contributed by atoms with Crippen LogP contribution in [0.3, 0.4) is 0 Å². The molecule has 0 atom stereocenters. The Labute approximate surface area is 179 Å². The van der Waals surface area contributed by atoms with Crippen molar-refractivity contribution in [1.82, 2.24) is 0 Å². The number of rotatable bonds is 14.